The Balaban J connectivity index is 1.96. The zero-order valence-corrected chi connectivity index (χ0v) is 10.8. The number of hydrogen-bond donors (Lipinski definition) is 1. The molecule has 92 valence electrons. The third kappa shape index (κ3) is 2.26. The highest BCUT2D eigenvalue weighted by Crippen LogP contribution is 2.33. The molecule has 2 heterocycles. The summed E-state index contributed by atoms with van der Waals surface area (Å²) in [7, 11) is 0. The molecule has 0 aliphatic carbocycles. The SMILES string of the molecule is N#CCNc1ncc(-c2csc3ccccc23)cn1. The van der Waals surface area contributed by atoms with E-state index in [1.54, 1.807) is 23.7 Å². The maximum Gasteiger partial charge on any atom is 0.223 e. The van der Waals surface area contributed by atoms with Crippen LogP contribution in [0.1, 0.15) is 0 Å². The van der Waals surface area contributed by atoms with Crippen molar-refractivity contribution in [1.29, 1.82) is 5.26 Å². The zero-order chi connectivity index (χ0) is 13.1. The molecule has 0 aliphatic heterocycles. The number of benzene rings is 1. The molecule has 1 aromatic carbocycles. The van der Waals surface area contributed by atoms with E-state index in [0.717, 1.165) is 11.1 Å². The van der Waals surface area contributed by atoms with Crippen molar-refractivity contribution in [2.24, 2.45) is 0 Å². The van der Waals surface area contributed by atoms with E-state index in [4.69, 9.17) is 5.26 Å². The van der Waals surface area contributed by atoms with Gasteiger partial charge in [0.2, 0.25) is 5.95 Å². The molecule has 0 bridgehead atoms. The molecule has 0 radical (unpaired) electrons. The molecule has 0 fully saturated rings. The summed E-state index contributed by atoms with van der Waals surface area (Å²) in [5.74, 6) is 0.477. The number of hydrogen-bond acceptors (Lipinski definition) is 5. The summed E-state index contributed by atoms with van der Waals surface area (Å²) in [5.41, 5.74) is 2.13. The Morgan fingerprint density at radius 3 is 2.79 bits per heavy atom. The first-order chi connectivity index (χ1) is 9.38. The van der Waals surface area contributed by atoms with Crippen molar-refractivity contribution in [1.82, 2.24) is 9.97 Å². The highest BCUT2D eigenvalue weighted by Gasteiger charge is 2.06. The van der Waals surface area contributed by atoms with E-state index >= 15 is 0 Å². The fourth-order valence-electron chi connectivity index (χ4n) is 1.88. The first kappa shape index (κ1) is 11.6. The van der Waals surface area contributed by atoms with Gasteiger partial charge in [-0.25, -0.2) is 9.97 Å². The van der Waals surface area contributed by atoms with E-state index < -0.39 is 0 Å². The van der Waals surface area contributed by atoms with Crippen LogP contribution < -0.4 is 5.32 Å². The van der Waals surface area contributed by atoms with Gasteiger partial charge in [-0.2, -0.15) is 5.26 Å². The lowest BCUT2D eigenvalue weighted by Crippen LogP contribution is -2.02. The van der Waals surface area contributed by atoms with Crippen LogP contribution in [-0.2, 0) is 0 Å². The van der Waals surface area contributed by atoms with E-state index in [-0.39, 0.29) is 6.54 Å². The maximum atomic E-state index is 8.48. The Morgan fingerprint density at radius 2 is 2.00 bits per heavy atom. The van der Waals surface area contributed by atoms with Crippen LogP contribution in [0.25, 0.3) is 21.2 Å². The molecule has 4 nitrogen and oxygen atoms in total. The van der Waals surface area contributed by atoms with Crippen molar-refractivity contribution < 1.29 is 0 Å². The van der Waals surface area contributed by atoms with Gasteiger partial charge in [-0.05, 0) is 11.4 Å². The lowest BCUT2D eigenvalue weighted by Gasteiger charge is -2.02. The lowest BCUT2D eigenvalue weighted by molar-refractivity contribution is 1.12. The molecule has 3 rings (SSSR count). The first-order valence-corrected chi connectivity index (χ1v) is 6.66. The highest BCUT2D eigenvalue weighted by molar-refractivity contribution is 7.17. The summed E-state index contributed by atoms with van der Waals surface area (Å²) in [6.07, 6.45) is 3.56. The van der Waals surface area contributed by atoms with Gasteiger partial charge >= 0.3 is 0 Å². The standard InChI is InChI=1S/C14H10N4S/c15-5-6-16-14-17-7-10(8-18-14)12-9-19-13-4-2-1-3-11(12)13/h1-4,7-9H,6H2,(H,16,17,18). The van der Waals surface area contributed by atoms with Gasteiger partial charge in [0, 0.05) is 33.6 Å². The number of anilines is 1. The topological polar surface area (TPSA) is 61.6 Å². The summed E-state index contributed by atoms with van der Waals surface area (Å²) >= 11 is 1.71. The number of nitrogens with one attached hydrogen (secondary N) is 1. The second-order valence-corrected chi connectivity index (χ2v) is 4.86. The van der Waals surface area contributed by atoms with Crippen LogP contribution in [0.3, 0.4) is 0 Å². The maximum absolute atomic E-state index is 8.48. The van der Waals surface area contributed by atoms with Crippen LogP contribution in [0, 0.1) is 11.3 Å². The number of nitriles is 1. The summed E-state index contributed by atoms with van der Waals surface area (Å²) in [4.78, 5) is 8.42. The van der Waals surface area contributed by atoms with E-state index in [1.165, 1.54) is 10.1 Å². The quantitative estimate of drug-likeness (QED) is 0.739. The van der Waals surface area contributed by atoms with Crippen molar-refractivity contribution >= 4 is 27.4 Å². The third-order valence-corrected chi connectivity index (χ3v) is 3.73. The molecule has 0 atom stereocenters. The largest absolute Gasteiger partial charge is 0.341 e. The molecular weight excluding hydrogens is 256 g/mol. The summed E-state index contributed by atoms with van der Waals surface area (Å²) in [6, 6.07) is 10.3. The average Bonchev–Trinajstić information content (AvgIpc) is 2.90. The van der Waals surface area contributed by atoms with Gasteiger partial charge in [-0.1, -0.05) is 18.2 Å². The molecule has 0 saturated carbocycles. The smallest absolute Gasteiger partial charge is 0.223 e. The number of fused-ring (bicyclic) bond motifs is 1. The number of thiophene rings is 1. The highest BCUT2D eigenvalue weighted by atomic mass is 32.1. The van der Waals surface area contributed by atoms with Gasteiger partial charge in [0.25, 0.3) is 0 Å². The van der Waals surface area contributed by atoms with Crippen LogP contribution in [0.4, 0.5) is 5.95 Å². The summed E-state index contributed by atoms with van der Waals surface area (Å²) < 4.78 is 1.25. The van der Waals surface area contributed by atoms with Gasteiger partial charge in [0.1, 0.15) is 6.54 Å². The molecule has 0 unspecified atom stereocenters. The van der Waals surface area contributed by atoms with Crippen molar-refractivity contribution in [3.63, 3.8) is 0 Å². The molecule has 0 aliphatic rings. The van der Waals surface area contributed by atoms with Crippen LogP contribution >= 0.6 is 11.3 Å². The second-order valence-electron chi connectivity index (χ2n) is 3.95. The van der Waals surface area contributed by atoms with E-state index in [0.29, 0.717) is 5.95 Å². The van der Waals surface area contributed by atoms with Gasteiger partial charge < -0.3 is 5.32 Å². The van der Waals surface area contributed by atoms with Crippen LogP contribution in [0.2, 0.25) is 0 Å². The first-order valence-electron chi connectivity index (χ1n) is 5.78. The minimum atomic E-state index is 0.209. The molecule has 0 saturated heterocycles. The predicted molar refractivity (Wildman–Crippen MR) is 77.0 cm³/mol. The Labute approximate surface area is 114 Å². The Hall–Kier alpha value is -2.45. The molecule has 2 aromatic heterocycles. The minimum Gasteiger partial charge on any atom is -0.341 e. The molecule has 0 spiro atoms. The predicted octanol–water partition coefficient (Wildman–Crippen LogP) is 3.29. The summed E-state index contributed by atoms with van der Waals surface area (Å²) in [5, 5.41) is 14.6. The minimum absolute atomic E-state index is 0.209. The van der Waals surface area contributed by atoms with Crippen LogP contribution in [0.15, 0.2) is 42.0 Å². The molecule has 1 N–H and O–H groups in total. The number of aromatic nitrogens is 2. The number of nitrogens with zero attached hydrogens (tertiary/aromatic N) is 3. The average molecular weight is 266 g/mol. The second kappa shape index (κ2) is 5.04. The van der Waals surface area contributed by atoms with E-state index in [9.17, 15) is 0 Å². The fraction of sp³-hybridized carbons (Fsp3) is 0.0714. The van der Waals surface area contributed by atoms with Crippen LogP contribution in [-0.4, -0.2) is 16.5 Å². The van der Waals surface area contributed by atoms with Crippen molar-refractivity contribution in [2.45, 2.75) is 0 Å². The Morgan fingerprint density at radius 1 is 1.21 bits per heavy atom. The monoisotopic (exact) mass is 266 g/mol. The van der Waals surface area contributed by atoms with Crippen molar-refractivity contribution in [2.75, 3.05) is 11.9 Å². The third-order valence-electron chi connectivity index (χ3n) is 2.77. The molecule has 0 amide bonds. The van der Waals surface area contributed by atoms with Gasteiger partial charge in [0.15, 0.2) is 0 Å². The van der Waals surface area contributed by atoms with Gasteiger partial charge in [-0.3, -0.25) is 0 Å². The normalized spacial score (nSPS) is 10.3. The molecular formula is C14H10N4S. The molecule has 19 heavy (non-hydrogen) atoms. The van der Waals surface area contributed by atoms with E-state index in [2.05, 4.69) is 32.8 Å². The Kier molecular flexibility index (Phi) is 3.09. The number of rotatable bonds is 3. The molecule has 5 heteroatoms. The van der Waals surface area contributed by atoms with E-state index in [1.807, 2.05) is 18.2 Å². The van der Waals surface area contributed by atoms with Crippen molar-refractivity contribution in [3.05, 3.63) is 42.0 Å². The van der Waals surface area contributed by atoms with Crippen LogP contribution in [0.5, 0.6) is 0 Å². The Bertz CT molecular complexity index is 740. The van der Waals surface area contributed by atoms with Gasteiger partial charge in [-0.15, -0.1) is 11.3 Å². The molecule has 3 aromatic rings. The van der Waals surface area contributed by atoms with Crippen molar-refractivity contribution in [3.8, 4) is 17.2 Å². The zero-order valence-electron chi connectivity index (χ0n) is 10.00. The van der Waals surface area contributed by atoms with Gasteiger partial charge in [0.05, 0.1) is 6.07 Å². The fourth-order valence-corrected chi connectivity index (χ4v) is 2.85. The lowest BCUT2D eigenvalue weighted by atomic mass is 10.1. The summed E-state index contributed by atoms with van der Waals surface area (Å²) in [6.45, 7) is 0.209.